The molecule has 13 nitrogen and oxygen atoms in total. The van der Waals surface area contributed by atoms with Crippen molar-refractivity contribution in [3.63, 3.8) is 0 Å². The van der Waals surface area contributed by atoms with E-state index in [-0.39, 0.29) is 78.1 Å². The fraction of sp³-hybridized carbons (Fsp3) is 0.536. The maximum atomic E-state index is 11.2. The van der Waals surface area contributed by atoms with E-state index in [1.165, 1.54) is 13.8 Å². The maximum Gasteiger partial charge on any atom is 0.330 e. The van der Waals surface area contributed by atoms with Crippen molar-refractivity contribution in [2.75, 3.05) is 46.2 Å². The van der Waals surface area contributed by atoms with E-state index in [1.807, 2.05) is 0 Å². The number of ether oxygens (including phenoxy) is 6. The van der Waals surface area contributed by atoms with Gasteiger partial charge in [0.2, 0.25) is 0 Å². The van der Waals surface area contributed by atoms with Gasteiger partial charge in [0.05, 0.1) is 18.6 Å². The molecule has 0 spiro atoms. The molecule has 232 valence electrons. The molecule has 0 N–H and O–H groups in total. The van der Waals surface area contributed by atoms with Gasteiger partial charge in [-0.15, -0.1) is 0 Å². The monoisotopic (exact) mass is 586 g/mol. The zero-order valence-corrected chi connectivity index (χ0v) is 23.2. The van der Waals surface area contributed by atoms with E-state index in [1.54, 1.807) is 6.92 Å². The quantitative estimate of drug-likeness (QED) is 0.0668. The maximum absolute atomic E-state index is 11.2. The van der Waals surface area contributed by atoms with Crippen molar-refractivity contribution < 1.29 is 62.0 Å². The molecule has 0 aliphatic rings. The highest BCUT2D eigenvalue weighted by Crippen LogP contribution is 2.24. The predicted octanol–water partition coefficient (Wildman–Crippen LogP) is 2.25. The van der Waals surface area contributed by atoms with Crippen molar-refractivity contribution in [2.24, 2.45) is 5.41 Å². The van der Waals surface area contributed by atoms with Crippen LogP contribution in [-0.4, -0.2) is 87.7 Å². The van der Waals surface area contributed by atoms with Crippen LogP contribution < -0.4 is 0 Å². The first kappa shape index (κ1) is 41.4. The van der Waals surface area contributed by atoms with Gasteiger partial charge in [0, 0.05) is 18.2 Å². The largest absolute Gasteiger partial charge is 0.463 e. The van der Waals surface area contributed by atoms with Crippen LogP contribution in [0.15, 0.2) is 38.0 Å². The summed E-state index contributed by atoms with van der Waals surface area (Å²) in [4.78, 5) is 76.5. The Labute approximate surface area is 240 Å². The SMILES string of the molecule is C.C=CC(=O)OCC(CC)(COC(=O)C=C)COC(=O)C=C.CC(=O)CC(=O)OCCOCCOC(=O)CC(C)=O. The molecule has 0 unspecified atom stereocenters. The highest BCUT2D eigenvalue weighted by atomic mass is 16.6. The molecule has 0 aromatic rings. The van der Waals surface area contributed by atoms with Gasteiger partial charge >= 0.3 is 29.8 Å². The fourth-order valence-corrected chi connectivity index (χ4v) is 2.32. The third-order valence-corrected chi connectivity index (χ3v) is 4.58. The first-order valence-corrected chi connectivity index (χ1v) is 12.1. The molecule has 0 saturated carbocycles. The van der Waals surface area contributed by atoms with Crippen molar-refractivity contribution in [1.29, 1.82) is 0 Å². The number of carbonyl (C=O) groups is 7. The van der Waals surface area contributed by atoms with Crippen LogP contribution >= 0.6 is 0 Å². The highest BCUT2D eigenvalue weighted by molar-refractivity contribution is 5.94. The minimum atomic E-state index is -0.837. The molecular weight excluding hydrogens is 544 g/mol. The van der Waals surface area contributed by atoms with Gasteiger partial charge in [-0.1, -0.05) is 34.1 Å². The number of ketones is 2. The lowest BCUT2D eigenvalue weighted by atomic mass is 9.88. The molecule has 0 rings (SSSR count). The van der Waals surface area contributed by atoms with Crippen molar-refractivity contribution in [3.05, 3.63) is 38.0 Å². The third kappa shape index (κ3) is 24.6. The summed E-state index contributed by atoms with van der Waals surface area (Å²) in [6.45, 7) is 14.4. The predicted molar refractivity (Wildman–Crippen MR) is 146 cm³/mol. The van der Waals surface area contributed by atoms with Crippen molar-refractivity contribution in [3.8, 4) is 0 Å². The minimum absolute atomic E-state index is 0. The summed E-state index contributed by atoms with van der Waals surface area (Å²) in [5, 5.41) is 0. The summed E-state index contributed by atoms with van der Waals surface area (Å²) in [7, 11) is 0. The van der Waals surface area contributed by atoms with Gasteiger partial charge in [0.1, 0.15) is 57.4 Å². The lowest BCUT2D eigenvalue weighted by Crippen LogP contribution is -2.38. The molecule has 0 saturated heterocycles. The Morgan fingerprint density at radius 2 is 0.902 bits per heavy atom. The first-order valence-electron chi connectivity index (χ1n) is 12.1. The summed E-state index contributed by atoms with van der Waals surface area (Å²) in [5.74, 6) is -3.55. The van der Waals surface area contributed by atoms with Gasteiger partial charge in [0.25, 0.3) is 0 Å². The Balaban J connectivity index is -0.000000691. The molecular formula is C28H42O13. The Morgan fingerprint density at radius 1 is 0.585 bits per heavy atom. The second-order valence-electron chi connectivity index (χ2n) is 8.10. The van der Waals surface area contributed by atoms with E-state index in [4.69, 9.17) is 28.4 Å². The van der Waals surface area contributed by atoms with E-state index in [2.05, 4.69) is 19.7 Å². The Bertz CT molecular complexity index is 813. The fourth-order valence-electron chi connectivity index (χ4n) is 2.32. The minimum Gasteiger partial charge on any atom is -0.463 e. The molecule has 0 fully saturated rings. The van der Waals surface area contributed by atoms with E-state index in [9.17, 15) is 33.6 Å². The summed E-state index contributed by atoms with van der Waals surface area (Å²) >= 11 is 0. The summed E-state index contributed by atoms with van der Waals surface area (Å²) in [6, 6.07) is 0. The number of esters is 5. The van der Waals surface area contributed by atoms with Crippen LogP contribution in [0.5, 0.6) is 0 Å². The van der Waals surface area contributed by atoms with E-state index in [0.29, 0.717) is 6.42 Å². The zero-order chi connectivity index (χ0) is 31.0. The van der Waals surface area contributed by atoms with Crippen LogP contribution in [0.25, 0.3) is 0 Å². The van der Waals surface area contributed by atoms with Crippen molar-refractivity contribution in [2.45, 2.75) is 47.5 Å². The van der Waals surface area contributed by atoms with E-state index >= 15 is 0 Å². The number of Topliss-reactive ketones (excluding diaryl/α,β-unsaturated/α-hetero) is 2. The van der Waals surface area contributed by atoms with Crippen LogP contribution in [0.4, 0.5) is 0 Å². The van der Waals surface area contributed by atoms with Crippen LogP contribution in [-0.2, 0) is 62.0 Å². The number of hydrogen-bond acceptors (Lipinski definition) is 13. The highest BCUT2D eigenvalue weighted by Gasteiger charge is 2.33. The molecule has 0 atom stereocenters. The van der Waals surface area contributed by atoms with Crippen LogP contribution in [0.2, 0.25) is 0 Å². The smallest absolute Gasteiger partial charge is 0.330 e. The number of hydrogen-bond donors (Lipinski definition) is 0. The molecule has 13 heteroatoms. The summed E-state index contributed by atoms with van der Waals surface area (Å²) in [6.07, 6.45) is 3.02. The number of rotatable bonds is 20. The Kier molecular flexibility index (Phi) is 25.1. The molecule has 0 aliphatic carbocycles. The van der Waals surface area contributed by atoms with Crippen molar-refractivity contribution in [1.82, 2.24) is 0 Å². The van der Waals surface area contributed by atoms with Gasteiger partial charge in [-0.25, -0.2) is 14.4 Å². The van der Waals surface area contributed by atoms with Crippen molar-refractivity contribution >= 4 is 41.4 Å². The van der Waals surface area contributed by atoms with Gasteiger partial charge in [-0.3, -0.25) is 19.2 Å². The molecule has 0 amide bonds. The van der Waals surface area contributed by atoms with Gasteiger partial charge in [-0.2, -0.15) is 0 Å². The molecule has 0 aromatic heterocycles. The van der Waals surface area contributed by atoms with Crippen LogP contribution in [0, 0.1) is 5.41 Å². The topological polar surface area (TPSA) is 175 Å². The van der Waals surface area contributed by atoms with Gasteiger partial charge in [-0.05, 0) is 20.3 Å². The molecule has 0 radical (unpaired) electrons. The molecule has 0 aromatic carbocycles. The van der Waals surface area contributed by atoms with Gasteiger partial charge < -0.3 is 28.4 Å². The molecule has 0 heterocycles. The molecule has 41 heavy (non-hydrogen) atoms. The molecule has 0 bridgehead atoms. The first-order chi connectivity index (χ1) is 18.8. The van der Waals surface area contributed by atoms with Crippen LogP contribution in [0.1, 0.15) is 47.5 Å². The van der Waals surface area contributed by atoms with E-state index in [0.717, 1.165) is 18.2 Å². The normalized spacial score (nSPS) is 9.73. The standard InChI is InChI=1S/C15H20O6.C12H18O7.CH4/c1-5-12(16)19-9-15(8-4,10-20-13(17)6-2)11-21-14(18)7-3;1-9(13)7-11(15)18-5-3-17-4-6-19-12(16)8-10(2)14;/h5-7H,1-3,8-11H2,4H3;3-8H2,1-2H3;1H4. The van der Waals surface area contributed by atoms with Crippen LogP contribution in [0.3, 0.4) is 0 Å². The Morgan fingerprint density at radius 3 is 1.15 bits per heavy atom. The second kappa shape index (κ2) is 24.9. The second-order valence-corrected chi connectivity index (χ2v) is 8.10. The van der Waals surface area contributed by atoms with Gasteiger partial charge in [0.15, 0.2) is 0 Å². The molecule has 0 aliphatic heterocycles. The number of carbonyl (C=O) groups excluding carboxylic acids is 7. The third-order valence-electron chi connectivity index (χ3n) is 4.58. The zero-order valence-electron chi connectivity index (χ0n) is 23.2. The summed E-state index contributed by atoms with van der Waals surface area (Å²) in [5.41, 5.74) is -0.837. The Hall–Kier alpha value is -4.13. The summed E-state index contributed by atoms with van der Waals surface area (Å²) < 4.78 is 29.4. The van der Waals surface area contributed by atoms with E-state index < -0.39 is 35.3 Å². The lowest BCUT2D eigenvalue weighted by Gasteiger charge is -2.30. The lowest BCUT2D eigenvalue weighted by molar-refractivity contribution is -0.156. The average molecular weight is 587 g/mol. The average Bonchev–Trinajstić information content (AvgIpc) is 2.91.